The minimum atomic E-state index is -1.31. The number of carboxylic acids is 1. The highest BCUT2D eigenvalue weighted by molar-refractivity contribution is 9.10. The largest absolute Gasteiger partial charge is 0.476 e. The van der Waals surface area contributed by atoms with E-state index in [-0.39, 0.29) is 32.5 Å². The highest BCUT2D eigenvalue weighted by Gasteiger charge is 2.35. The Morgan fingerprint density at radius 1 is 1.31 bits per heavy atom. The second-order valence-corrected chi connectivity index (χ2v) is 7.83. The molecule has 1 unspecified atom stereocenters. The van der Waals surface area contributed by atoms with Gasteiger partial charge in [0.25, 0.3) is 5.91 Å². The number of primary amides is 1. The van der Waals surface area contributed by atoms with Crippen LogP contribution < -0.4 is 16.4 Å². The van der Waals surface area contributed by atoms with Crippen molar-refractivity contribution in [3.8, 4) is 0 Å². The molecule has 0 radical (unpaired) electrons. The van der Waals surface area contributed by atoms with Crippen LogP contribution in [0.4, 0.5) is 5.82 Å². The number of halogens is 2. The molecular weight excluding hydrogens is 466 g/mol. The molecular formula is C18H19BrClN5O4. The standard InChI is InChI=1S/C18H19BrClN5O4/c19-12-13(18(28)29)24-25(14(15(21)26)9-5-7-22-8-6-9)16(12)23-17(27)10-3-1-2-4-11(10)20/h1-4,9,14,22H,5-8H2,(H2,21,26)(H,23,27)(H,28,29). The predicted molar refractivity (Wildman–Crippen MR) is 110 cm³/mol. The number of aromatic carboxylic acids is 1. The zero-order valence-corrected chi connectivity index (χ0v) is 17.5. The smallest absolute Gasteiger partial charge is 0.357 e. The van der Waals surface area contributed by atoms with E-state index in [0.29, 0.717) is 25.9 Å². The molecule has 1 atom stereocenters. The predicted octanol–water partition coefficient (Wildman–Crippen LogP) is 2.28. The number of nitrogens with two attached hydrogens (primary N) is 1. The maximum atomic E-state index is 12.8. The molecule has 154 valence electrons. The zero-order valence-electron chi connectivity index (χ0n) is 15.2. The number of hydrogen-bond acceptors (Lipinski definition) is 5. The third-order valence-electron chi connectivity index (χ3n) is 4.79. The van der Waals surface area contributed by atoms with Crippen molar-refractivity contribution in [2.45, 2.75) is 18.9 Å². The summed E-state index contributed by atoms with van der Waals surface area (Å²) in [4.78, 5) is 36.7. The number of hydrogen-bond donors (Lipinski definition) is 4. The van der Waals surface area contributed by atoms with Gasteiger partial charge in [0.1, 0.15) is 11.9 Å². The Balaban J connectivity index is 2.05. The van der Waals surface area contributed by atoms with Gasteiger partial charge in [-0.2, -0.15) is 5.10 Å². The number of carbonyl (C=O) groups excluding carboxylic acids is 2. The lowest BCUT2D eigenvalue weighted by Gasteiger charge is -2.29. The van der Waals surface area contributed by atoms with Gasteiger partial charge in [0.15, 0.2) is 5.69 Å². The molecule has 1 saturated heterocycles. The molecule has 0 bridgehead atoms. The fourth-order valence-electron chi connectivity index (χ4n) is 3.40. The lowest BCUT2D eigenvalue weighted by Crippen LogP contribution is -2.39. The molecule has 1 aliphatic rings. The molecule has 0 aliphatic carbocycles. The Hall–Kier alpha value is -2.43. The molecule has 3 rings (SSSR count). The summed E-state index contributed by atoms with van der Waals surface area (Å²) in [6.07, 6.45) is 1.32. The average molecular weight is 485 g/mol. The summed E-state index contributed by atoms with van der Waals surface area (Å²) in [5.41, 5.74) is 5.52. The van der Waals surface area contributed by atoms with Crippen molar-refractivity contribution < 1.29 is 19.5 Å². The average Bonchev–Trinajstić information content (AvgIpc) is 2.99. The number of benzene rings is 1. The number of piperidine rings is 1. The van der Waals surface area contributed by atoms with E-state index in [9.17, 15) is 19.5 Å². The van der Waals surface area contributed by atoms with Crippen LogP contribution in [0.2, 0.25) is 5.02 Å². The van der Waals surface area contributed by atoms with Crippen molar-refractivity contribution in [2.75, 3.05) is 18.4 Å². The third-order valence-corrected chi connectivity index (χ3v) is 5.87. The summed E-state index contributed by atoms with van der Waals surface area (Å²) < 4.78 is 1.24. The van der Waals surface area contributed by atoms with Crippen molar-refractivity contribution in [1.29, 1.82) is 0 Å². The van der Waals surface area contributed by atoms with Crippen molar-refractivity contribution in [3.05, 3.63) is 45.0 Å². The number of rotatable bonds is 6. The summed E-state index contributed by atoms with van der Waals surface area (Å²) >= 11 is 9.27. The first-order valence-electron chi connectivity index (χ1n) is 8.88. The summed E-state index contributed by atoms with van der Waals surface area (Å²) in [5, 5.41) is 19.6. The Morgan fingerprint density at radius 2 is 1.97 bits per heavy atom. The lowest BCUT2D eigenvalue weighted by molar-refractivity contribution is -0.123. The molecule has 29 heavy (non-hydrogen) atoms. The van der Waals surface area contributed by atoms with Crippen molar-refractivity contribution in [2.24, 2.45) is 11.7 Å². The van der Waals surface area contributed by atoms with Gasteiger partial charge in [-0.15, -0.1) is 0 Å². The van der Waals surface area contributed by atoms with Gasteiger partial charge in [-0.05, 0) is 59.9 Å². The Bertz CT molecular complexity index is 958. The van der Waals surface area contributed by atoms with E-state index in [1.165, 1.54) is 10.7 Å². The molecule has 0 saturated carbocycles. The maximum absolute atomic E-state index is 12.8. The molecule has 1 aromatic heterocycles. The van der Waals surface area contributed by atoms with Crippen LogP contribution in [-0.2, 0) is 4.79 Å². The van der Waals surface area contributed by atoms with Crippen molar-refractivity contribution >= 4 is 51.1 Å². The summed E-state index contributed by atoms with van der Waals surface area (Å²) in [7, 11) is 0. The van der Waals surface area contributed by atoms with Crippen LogP contribution in [0, 0.1) is 5.92 Å². The van der Waals surface area contributed by atoms with Crippen LogP contribution in [0.25, 0.3) is 0 Å². The number of nitrogens with zero attached hydrogens (tertiary/aromatic N) is 2. The fourth-order valence-corrected chi connectivity index (χ4v) is 4.15. The lowest BCUT2D eigenvalue weighted by atomic mass is 9.90. The second kappa shape index (κ2) is 8.93. The number of anilines is 1. The number of carbonyl (C=O) groups is 3. The Labute approximate surface area is 179 Å². The van der Waals surface area contributed by atoms with Crippen LogP contribution >= 0.6 is 27.5 Å². The zero-order chi connectivity index (χ0) is 21.1. The summed E-state index contributed by atoms with van der Waals surface area (Å²) in [6.45, 7) is 1.40. The highest BCUT2D eigenvalue weighted by atomic mass is 79.9. The minimum absolute atomic E-state index is 0.0367. The summed E-state index contributed by atoms with van der Waals surface area (Å²) in [5.74, 6) is -2.65. The van der Waals surface area contributed by atoms with Crippen LogP contribution in [-0.4, -0.2) is 45.8 Å². The highest BCUT2D eigenvalue weighted by Crippen LogP contribution is 2.35. The summed E-state index contributed by atoms with van der Waals surface area (Å²) in [6, 6.07) is 5.51. The van der Waals surface area contributed by atoms with Crippen molar-refractivity contribution in [1.82, 2.24) is 15.1 Å². The molecule has 5 N–H and O–H groups in total. The Kier molecular flexibility index (Phi) is 6.56. The number of nitrogens with one attached hydrogen (secondary N) is 2. The van der Waals surface area contributed by atoms with E-state index in [2.05, 4.69) is 31.7 Å². The molecule has 9 nitrogen and oxygen atoms in total. The van der Waals surface area contributed by atoms with Gasteiger partial charge in [-0.25, -0.2) is 9.48 Å². The second-order valence-electron chi connectivity index (χ2n) is 6.63. The number of aromatic nitrogens is 2. The fraction of sp³-hybridized carbons (Fsp3) is 0.333. The van der Waals surface area contributed by atoms with Crippen LogP contribution in [0.15, 0.2) is 28.7 Å². The Morgan fingerprint density at radius 3 is 2.55 bits per heavy atom. The molecule has 2 aromatic rings. The van der Waals surface area contributed by atoms with E-state index in [4.69, 9.17) is 17.3 Å². The van der Waals surface area contributed by atoms with Gasteiger partial charge >= 0.3 is 5.97 Å². The van der Waals surface area contributed by atoms with Gasteiger partial charge < -0.3 is 21.5 Å². The molecule has 1 fully saturated rings. The maximum Gasteiger partial charge on any atom is 0.357 e. The first-order valence-corrected chi connectivity index (χ1v) is 10.1. The normalized spacial score (nSPS) is 15.7. The van der Waals surface area contributed by atoms with Gasteiger partial charge in [0.2, 0.25) is 5.91 Å². The molecule has 1 aliphatic heterocycles. The van der Waals surface area contributed by atoms with Gasteiger partial charge in [-0.3, -0.25) is 9.59 Å². The van der Waals surface area contributed by atoms with Crippen LogP contribution in [0.1, 0.15) is 39.7 Å². The van der Waals surface area contributed by atoms with E-state index >= 15 is 0 Å². The van der Waals surface area contributed by atoms with E-state index in [1.54, 1.807) is 18.2 Å². The van der Waals surface area contributed by atoms with E-state index in [0.717, 1.165) is 0 Å². The molecule has 11 heteroatoms. The number of amides is 2. The minimum Gasteiger partial charge on any atom is -0.476 e. The molecule has 0 spiro atoms. The quantitative estimate of drug-likeness (QED) is 0.496. The molecule has 1 aromatic carbocycles. The van der Waals surface area contributed by atoms with E-state index in [1.807, 2.05) is 0 Å². The van der Waals surface area contributed by atoms with Gasteiger partial charge in [0.05, 0.1) is 15.1 Å². The van der Waals surface area contributed by atoms with Crippen LogP contribution in [0.5, 0.6) is 0 Å². The first-order chi connectivity index (χ1) is 13.8. The first kappa shape index (κ1) is 21.3. The number of carboxylic acid groups (broad SMARTS) is 1. The third kappa shape index (κ3) is 4.44. The SMILES string of the molecule is NC(=O)C(C1CCNCC1)n1nc(C(=O)O)c(Br)c1NC(=O)c1ccccc1Cl. The topological polar surface area (TPSA) is 139 Å². The van der Waals surface area contributed by atoms with Gasteiger partial charge in [0, 0.05) is 0 Å². The van der Waals surface area contributed by atoms with Crippen molar-refractivity contribution in [3.63, 3.8) is 0 Å². The van der Waals surface area contributed by atoms with Crippen LogP contribution in [0.3, 0.4) is 0 Å². The monoisotopic (exact) mass is 483 g/mol. The van der Waals surface area contributed by atoms with Gasteiger partial charge in [-0.1, -0.05) is 23.7 Å². The van der Waals surface area contributed by atoms with E-state index < -0.39 is 23.8 Å². The molecule has 2 heterocycles. The molecule has 2 amide bonds.